The fourth-order valence-electron chi connectivity index (χ4n) is 5.03. The van der Waals surface area contributed by atoms with E-state index in [0.717, 1.165) is 15.9 Å². The van der Waals surface area contributed by atoms with E-state index in [2.05, 4.69) is 5.32 Å². The van der Waals surface area contributed by atoms with Gasteiger partial charge >= 0.3 is 0 Å². The number of nitrogens with zero attached hydrogens (tertiary/aromatic N) is 3. The minimum atomic E-state index is -4.57. The van der Waals surface area contributed by atoms with E-state index in [1.54, 1.807) is 25.1 Å². The molecule has 0 aromatic heterocycles. The van der Waals surface area contributed by atoms with Gasteiger partial charge in [-0.15, -0.1) is 0 Å². The van der Waals surface area contributed by atoms with Gasteiger partial charge in [0, 0.05) is 31.1 Å². The van der Waals surface area contributed by atoms with Crippen LogP contribution in [0.3, 0.4) is 0 Å². The fourth-order valence-corrected chi connectivity index (χ4v) is 6.79. The molecular formula is C34H34Cl2N4O7S. The predicted octanol–water partition coefficient (Wildman–Crippen LogP) is 6.19. The smallest absolute Gasteiger partial charge is 0.273 e. The third kappa shape index (κ3) is 8.62. The number of aryl methyl sites for hydroxylation is 1. The Morgan fingerprint density at radius 2 is 1.62 bits per heavy atom. The number of carbonyl (C=O) groups is 2. The van der Waals surface area contributed by atoms with Crippen LogP contribution in [0.5, 0.6) is 5.75 Å². The van der Waals surface area contributed by atoms with Crippen molar-refractivity contribution in [3.05, 3.63) is 128 Å². The summed E-state index contributed by atoms with van der Waals surface area (Å²) in [6, 6.07) is 22.4. The molecule has 0 bridgehead atoms. The second-order valence-electron chi connectivity index (χ2n) is 10.8. The zero-order valence-electron chi connectivity index (χ0n) is 26.4. The first-order valence-electron chi connectivity index (χ1n) is 14.8. The van der Waals surface area contributed by atoms with Crippen LogP contribution in [0.15, 0.2) is 95.9 Å². The highest BCUT2D eigenvalue weighted by atomic mass is 35.5. The number of nitro benzene ring substituents is 1. The lowest BCUT2D eigenvalue weighted by Crippen LogP contribution is -2.53. The van der Waals surface area contributed by atoms with Crippen molar-refractivity contribution in [2.45, 2.75) is 37.8 Å². The second kappa shape index (κ2) is 16.0. The van der Waals surface area contributed by atoms with E-state index < -0.39 is 45.0 Å². The molecule has 0 aliphatic carbocycles. The van der Waals surface area contributed by atoms with Crippen LogP contribution >= 0.6 is 23.2 Å². The molecule has 1 atom stereocenters. The quantitative estimate of drug-likeness (QED) is 0.122. The van der Waals surface area contributed by atoms with Crippen LogP contribution in [0.1, 0.15) is 23.6 Å². The molecule has 14 heteroatoms. The molecule has 252 valence electrons. The molecule has 4 rings (SSSR count). The van der Waals surface area contributed by atoms with E-state index in [1.165, 1.54) is 55.3 Å². The molecule has 0 saturated carbocycles. The lowest BCUT2D eigenvalue weighted by Gasteiger charge is -2.34. The number of nitro groups is 1. The lowest BCUT2D eigenvalue weighted by atomic mass is 10.0. The number of hydrogen-bond donors (Lipinski definition) is 1. The van der Waals surface area contributed by atoms with E-state index >= 15 is 0 Å². The highest BCUT2D eigenvalue weighted by Gasteiger charge is 2.35. The Kier molecular flexibility index (Phi) is 12.0. The van der Waals surface area contributed by atoms with Crippen LogP contribution in [0.4, 0.5) is 11.4 Å². The lowest BCUT2D eigenvalue weighted by molar-refractivity contribution is -0.385. The van der Waals surface area contributed by atoms with Gasteiger partial charge in [0.25, 0.3) is 15.7 Å². The maximum Gasteiger partial charge on any atom is 0.273 e. The van der Waals surface area contributed by atoms with Crippen molar-refractivity contribution in [1.29, 1.82) is 0 Å². The van der Waals surface area contributed by atoms with Gasteiger partial charge in [-0.2, -0.15) is 0 Å². The maximum atomic E-state index is 14.5. The molecule has 0 aliphatic heterocycles. The summed E-state index contributed by atoms with van der Waals surface area (Å²) < 4.78 is 34.6. The molecule has 0 heterocycles. The Bertz CT molecular complexity index is 1890. The molecule has 0 spiro atoms. The zero-order valence-corrected chi connectivity index (χ0v) is 28.8. The number of methoxy groups -OCH3 is 1. The van der Waals surface area contributed by atoms with Crippen LogP contribution in [-0.4, -0.2) is 56.3 Å². The number of carbonyl (C=O) groups excluding carboxylic acids is 2. The van der Waals surface area contributed by atoms with Gasteiger partial charge in [-0.3, -0.25) is 24.0 Å². The van der Waals surface area contributed by atoms with Crippen molar-refractivity contribution < 1.29 is 27.7 Å². The molecule has 0 fully saturated rings. The van der Waals surface area contributed by atoms with Crippen molar-refractivity contribution in [1.82, 2.24) is 10.2 Å². The van der Waals surface area contributed by atoms with Crippen LogP contribution in [0.25, 0.3) is 0 Å². The molecule has 0 saturated heterocycles. The summed E-state index contributed by atoms with van der Waals surface area (Å²) in [5, 5.41) is 15.0. The van der Waals surface area contributed by atoms with Crippen LogP contribution in [0, 0.1) is 17.0 Å². The molecule has 0 radical (unpaired) electrons. The summed E-state index contributed by atoms with van der Waals surface area (Å²) in [6.45, 7) is 2.67. The normalized spacial score (nSPS) is 11.8. The van der Waals surface area contributed by atoms with Gasteiger partial charge in [-0.25, -0.2) is 8.42 Å². The summed E-state index contributed by atoms with van der Waals surface area (Å²) in [7, 11) is -3.12. The van der Waals surface area contributed by atoms with E-state index in [0.29, 0.717) is 16.3 Å². The van der Waals surface area contributed by atoms with E-state index in [4.69, 9.17) is 27.9 Å². The van der Waals surface area contributed by atoms with Crippen molar-refractivity contribution >= 4 is 56.4 Å². The number of hydrogen-bond acceptors (Lipinski definition) is 7. The van der Waals surface area contributed by atoms with Crippen molar-refractivity contribution in [2.75, 3.05) is 24.5 Å². The van der Waals surface area contributed by atoms with Crippen molar-refractivity contribution in [2.24, 2.45) is 0 Å². The standard InChI is InChI=1S/C34H34Cl2N4O7S/c1-4-37-34(42)32(19-24-8-6-5-7-9-24)38(21-25-11-17-29(35)30(36)18-25)33(41)22-39(26-12-14-27(47-3)15-13-26)48(45,46)28-16-10-23(2)31(20-28)40(43)44/h5-18,20,32H,4,19,21-22H2,1-3H3,(H,37,42). The SMILES string of the molecule is CCNC(=O)C(Cc1ccccc1)N(Cc1ccc(Cl)c(Cl)c1)C(=O)CN(c1ccc(OC)cc1)S(=O)(=O)c1ccc(C)c([N+](=O)[O-])c1. The maximum absolute atomic E-state index is 14.5. The van der Waals surface area contributed by atoms with E-state index in [9.17, 15) is 28.1 Å². The number of benzene rings is 4. The van der Waals surface area contributed by atoms with Gasteiger partial charge in [-0.05, 0) is 67.4 Å². The summed E-state index contributed by atoms with van der Waals surface area (Å²) >= 11 is 12.4. The number of rotatable bonds is 14. The minimum absolute atomic E-state index is 0.0967. The number of amides is 2. The van der Waals surface area contributed by atoms with Crippen molar-refractivity contribution in [3.63, 3.8) is 0 Å². The highest BCUT2D eigenvalue weighted by molar-refractivity contribution is 7.92. The topological polar surface area (TPSA) is 139 Å². The first-order valence-corrected chi connectivity index (χ1v) is 17.0. The van der Waals surface area contributed by atoms with Gasteiger partial charge in [0.05, 0.1) is 32.7 Å². The molecule has 1 N–H and O–H groups in total. The molecule has 1 unspecified atom stereocenters. The monoisotopic (exact) mass is 712 g/mol. The first kappa shape index (κ1) is 36.2. The Morgan fingerprint density at radius 1 is 0.938 bits per heavy atom. The third-order valence-corrected chi connectivity index (χ3v) is 10.1. The number of anilines is 1. The average molecular weight is 714 g/mol. The third-order valence-electron chi connectivity index (χ3n) is 7.56. The Balaban J connectivity index is 1.84. The van der Waals surface area contributed by atoms with Gasteiger partial charge in [-0.1, -0.05) is 65.7 Å². The minimum Gasteiger partial charge on any atom is -0.497 e. The van der Waals surface area contributed by atoms with Gasteiger partial charge in [0.15, 0.2) is 0 Å². The Hall–Kier alpha value is -4.65. The van der Waals surface area contributed by atoms with Crippen LogP contribution < -0.4 is 14.4 Å². The molecule has 4 aromatic carbocycles. The summed E-state index contributed by atoms with van der Waals surface area (Å²) in [5.74, 6) is -0.717. The van der Waals surface area contributed by atoms with Crippen LogP contribution in [0.2, 0.25) is 10.0 Å². The molecule has 48 heavy (non-hydrogen) atoms. The molecular weight excluding hydrogens is 679 g/mol. The average Bonchev–Trinajstić information content (AvgIpc) is 3.07. The second-order valence-corrected chi connectivity index (χ2v) is 13.5. The number of sulfonamides is 1. The van der Waals surface area contributed by atoms with Crippen LogP contribution in [-0.2, 0) is 32.6 Å². The number of nitrogens with one attached hydrogen (secondary N) is 1. The van der Waals surface area contributed by atoms with Crippen molar-refractivity contribution in [3.8, 4) is 5.75 Å². The molecule has 11 nitrogen and oxygen atoms in total. The molecule has 0 aliphatic rings. The number of halogens is 2. The summed E-state index contributed by atoms with van der Waals surface area (Å²) in [6.07, 6.45) is 0.124. The largest absolute Gasteiger partial charge is 0.497 e. The fraction of sp³-hybridized carbons (Fsp3) is 0.235. The zero-order chi connectivity index (χ0) is 35.0. The van der Waals surface area contributed by atoms with Gasteiger partial charge in [0.2, 0.25) is 11.8 Å². The first-order chi connectivity index (χ1) is 22.8. The van der Waals surface area contributed by atoms with E-state index in [1.807, 2.05) is 30.3 Å². The molecule has 4 aromatic rings. The van der Waals surface area contributed by atoms with Gasteiger partial charge in [0.1, 0.15) is 18.3 Å². The predicted molar refractivity (Wildman–Crippen MR) is 185 cm³/mol. The Morgan fingerprint density at radius 3 is 2.23 bits per heavy atom. The van der Waals surface area contributed by atoms with Gasteiger partial charge < -0.3 is 15.0 Å². The number of ether oxygens (including phenoxy) is 1. The highest BCUT2D eigenvalue weighted by Crippen LogP contribution is 2.30. The van der Waals surface area contributed by atoms with E-state index in [-0.39, 0.29) is 40.7 Å². The number of likely N-dealkylation sites (N-methyl/N-ethyl adjacent to an activating group) is 1. The summed E-state index contributed by atoms with van der Waals surface area (Å²) in [5.41, 5.74) is 1.29. The Labute approximate surface area is 289 Å². The summed E-state index contributed by atoms with van der Waals surface area (Å²) in [4.78, 5) is 40.1. The molecule has 2 amide bonds.